The second-order valence-electron chi connectivity index (χ2n) is 3.19. The van der Waals surface area contributed by atoms with E-state index in [1.807, 2.05) is 0 Å². The second-order valence-corrected chi connectivity index (χ2v) is 3.19. The zero-order chi connectivity index (χ0) is 11.8. The molecule has 0 amide bonds. The molecule has 0 saturated heterocycles. The van der Waals surface area contributed by atoms with E-state index in [1.54, 1.807) is 24.3 Å². The highest BCUT2D eigenvalue weighted by Gasteiger charge is 2.02. The summed E-state index contributed by atoms with van der Waals surface area (Å²) in [6.45, 7) is -0.0462. The fourth-order valence-electron chi connectivity index (χ4n) is 1.04. The van der Waals surface area contributed by atoms with Gasteiger partial charge in [-0.25, -0.2) is 0 Å². The molecular formula is C11H16O5. The SMILES string of the molecule is OCCOc1ccc(OCC(O)CO)cc1. The molecule has 0 aliphatic heterocycles. The average Bonchev–Trinajstić information content (AvgIpc) is 2.34. The minimum Gasteiger partial charge on any atom is -0.491 e. The fourth-order valence-corrected chi connectivity index (χ4v) is 1.04. The monoisotopic (exact) mass is 228 g/mol. The van der Waals surface area contributed by atoms with Crippen molar-refractivity contribution in [2.45, 2.75) is 6.10 Å². The van der Waals surface area contributed by atoms with Crippen LogP contribution in [-0.2, 0) is 0 Å². The molecule has 0 spiro atoms. The third-order valence-electron chi connectivity index (χ3n) is 1.84. The summed E-state index contributed by atoms with van der Waals surface area (Å²) in [5.41, 5.74) is 0. The molecule has 3 N–H and O–H groups in total. The molecular weight excluding hydrogens is 212 g/mol. The summed E-state index contributed by atoms with van der Waals surface area (Å²) in [6.07, 6.45) is -0.870. The number of hydrogen-bond donors (Lipinski definition) is 3. The van der Waals surface area contributed by atoms with Gasteiger partial charge in [-0.1, -0.05) is 0 Å². The van der Waals surface area contributed by atoms with Crippen LogP contribution in [0.25, 0.3) is 0 Å². The Morgan fingerprint density at radius 2 is 1.56 bits per heavy atom. The average molecular weight is 228 g/mol. The Morgan fingerprint density at radius 3 is 2.06 bits per heavy atom. The molecule has 0 fully saturated rings. The summed E-state index contributed by atoms with van der Waals surface area (Å²) in [7, 11) is 0. The lowest BCUT2D eigenvalue weighted by atomic mass is 10.3. The molecule has 1 atom stereocenters. The van der Waals surface area contributed by atoms with Crippen LogP contribution in [0.2, 0.25) is 0 Å². The first-order valence-corrected chi connectivity index (χ1v) is 5.01. The Balaban J connectivity index is 2.38. The van der Waals surface area contributed by atoms with Crippen LogP contribution in [0.5, 0.6) is 11.5 Å². The topological polar surface area (TPSA) is 79.2 Å². The highest BCUT2D eigenvalue weighted by atomic mass is 16.5. The van der Waals surface area contributed by atoms with E-state index in [2.05, 4.69) is 0 Å². The first kappa shape index (κ1) is 12.8. The van der Waals surface area contributed by atoms with E-state index >= 15 is 0 Å². The number of aliphatic hydroxyl groups is 3. The lowest BCUT2D eigenvalue weighted by molar-refractivity contribution is 0.0536. The first-order chi connectivity index (χ1) is 7.76. The zero-order valence-electron chi connectivity index (χ0n) is 8.87. The van der Waals surface area contributed by atoms with Crippen molar-refractivity contribution in [1.29, 1.82) is 0 Å². The molecule has 0 radical (unpaired) electrons. The Hall–Kier alpha value is -1.30. The molecule has 1 rings (SSSR count). The van der Waals surface area contributed by atoms with Crippen LogP contribution in [0.15, 0.2) is 24.3 Å². The number of benzene rings is 1. The number of rotatable bonds is 7. The summed E-state index contributed by atoms with van der Waals surface area (Å²) < 4.78 is 10.4. The minimum atomic E-state index is -0.870. The standard InChI is InChI=1S/C11H16O5/c12-5-6-15-10-1-3-11(4-2-10)16-8-9(14)7-13/h1-4,9,12-14H,5-8H2. The number of aliphatic hydroxyl groups excluding tert-OH is 3. The zero-order valence-corrected chi connectivity index (χ0v) is 8.87. The molecule has 5 nitrogen and oxygen atoms in total. The molecule has 1 aromatic rings. The van der Waals surface area contributed by atoms with E-state index in [0.29, 0.717) is 11.5 Å². The van der Waals surface area contributed by atoms with Gasteiger partial charge in [0.2, 0.25) is 0 Å². The molecule has 90 valence electrons. The van der Waals surface area contributed by atoms with Gasteiger partial charge in [0.15, 0.2) is 0 Å². The van der Waals surface area contributed by atoms with E-state index in [1.165, 1.54) is 0 Å². The lowest BCUT2D eigenvalue weighted by Gasteiger charge is -2.10. The van der Waals surface area contributed by atoms with Gasteiger partial charge in [0.1, 0.15) is 30.8 Å². The molecule has 1 aromatic carbocycles. The van der Waals surface area contributed by atoms with Crippen molar-refractivity contribution in [3.8, 4) is 11.5 Å². The van der Waals surface area contributed by atoms with Gasteiger partial charge in [0.25, 0.3) is 0 Å². The van der Waals surface area contributed by atoms with Crippen molar-refractivity contribution in [1.82, 2.24) is 0 Å². The molecule has 0 bridgehead atoms. The summed E-state index contributed by atoms with van der Waals surface area (Å²) in [5, 5.41) is 26.2. The van der Waals surface area contributed by atoms with E-state index in [4.69, 9.17) is 24.8 Å². The van der Waals surface area contributed by atoms with Crippen molar-refractivity contribution in [3.63, 3.8) is 0 Å². The molecule has 0 aromatic heterocycles. The third-order valence-corrected chi connectivity index (χ3v) is 1.84. The molecule has 0 aliphatic rings. The maximum Gasteiger partial charge on any atom is 0.119 e. The Kier molecular flexibility index (Phi) is 5.63. The van der Waals surface area contributed by atoms with E-state index in [0.717, 1.165) is 0 Å². The molecule has 0 saturated carbocycles. The predicted molar refractivity (Wildman–Crippen MR) is 57.6 cm³/mol. The molecule has 0 heterocycles. The van der Waals surface area contributed by atoms with Gasteiger partial charge in [0.05, 0.1) is 13.2 Å². The third kappa shape index (κ3) is 4.48. The van der Waals surface area contributed by atoms with Crippen LogP contribution in [0.1, 0.15) is 0 Å². The van der Waals surface area contributed by atoms with Gasteiger partial charge in [-0.2, -0.15) is 0 Å². The second kappa shape index (κ2) is 7.05. The fraction of sp³-hybridized carbons (Fsp3) is 0.455. The molecule has 5 heteroatoms. The van der Waals surface area contributed by atoms with E-state index < -0.39 is 6.10 Å². The maximum atomic E-state index is 9.06. The van der Waals surface area contributed by atoms with E-state index in [-0.39, 0.29) is 26.4 Å². The summed E-state index contributed by atoms with van der Waals surface area (Å²) in [5.74, 6) is 1.23. The van der Waals surface area contributed by atoms with Gasteiger partial charge < -0.3 is 24.8 Å². The molecule has 0 aliphatic carbocycles. The van der Waals surface area contributed by atoms with Crippen molar-refractivity contribution in [3.05, 3.63) is 24.3 Å². The minimum absolute atomic E-state index is 0.0268. The van der Waals surface area contributed by atoms with Crippen LogP contribution in [-0.4, -0.2) is 47.9 Å². The smallest absolute Gasteiger partial charge is 0.119 e. The highest BCUT2D eigenvalue weighted by molar-refractivity contribution is 5.31. The van der Waals surface area contributed by atoms with Crippen molar-refractivity contribution >= 4 is 0 Å². The predicted octanol–water partition coefficient (Wildman–Crippen LogP) is -0.210. The van der Waals surface area contributed by atoms with Crippen LogP contribution in [0.4, 0.5) is 0 Å². The van der Waals surface area contributed by atoms with Gasteiger partial charge in [0, 0.05) is 0 Å². The summed E-state index contributed by atoms with van der Waals surface area (Å²) in [6, 6.07) is 6.79. The largest absolute Gasteiger partial charge is 0.491 e. The molecule has 1 unspecified atom stereocenters. The Labute approximate surface area is 93.9 Å². The van der Waals surface area contributed by atoms with Gasteiger partial charge in [-0.05, 0) is 24.3 Å². The van der Waals surface area contributed by atoms with Crippen LogP contribution in [0.3, 0.4) is 0 Å². The number of hydrogen-bond acceptors (Lipinski definition) is 5. The van der Waals surface area contributed by atoms with Gasteiger partial charge in [-0.15, -0.1) is 0 Å². The van der Waals surface area contributed by atoms with Crippen molar-refractivity contribution < 1.29 is 24.8 Å². The highest BCUT2D eigenvalue weighted by Crippen LogP contribution is 2.17. The van der Waals surface area contributed by atoms with Crippen molar-refractivity contribution in [2.24, 2.45) is 0 Å². The van der Waals surface area contributed by atoms with E-state index in [9.17, 15) is 0 Å². The van der Waals surface area contributed by atoms with Crippen LogP contribution in [0, 0.1) is 0 Å². The van der Waals surface area contributed by atoms with Crippen LogP contribution >= 0.6 is 0 Å². The first-order valence-electron chi connectivity index (χ1n) is 5.01. The quantitative estimate of drug-likeness (QED) is 0.602. The lowest BCUT2D eigenvalue weighted by Crippen LogP contribution is -2.21. The van der Waals surface area contributed by atoms with Crippen LogP contribution < -0.4 is 9.47 Å². The summed E-state index contributed by atoms with van der Waals surface area (Å²) in [4.78, 5) is 0. The summed E-state index contributed by atoms with van der Waals surface area (Å²) >= 11 is 0. The maximum absolute atomic E-state index is 9.06. The Bertz CT molecular complexity index is 285. The Morgan fingerprint density at radius 1 is 1.00 bits per heavy atom. The van der Waals surface area contributed by atoms with Gasteiger partial charge in [-0.3, -0.25) is 0 Å². The number of ether oxygens (including phenoxy) is 2. The van der Waals surface area contributed by atoms with Crippen molar-refractivity contribution in [2.75, 3.05) is 26.4 Å². The van der Waals surface area contributed by atoms with Gasteiger partial charge >= 0.3 is 0 Å². The molecule has 16 heavy (non-hydrogen) atoms. The normalized spacial score (nSPS) is 12.2.